The number of ether oxygens (including phenoxy) is 1. The summed E-state index contributed by atoms with van der Waals surface area (Å²) in [7, 11) is 1.87. The molecule has 2 fully saturated rings. The van der Waals surface area contributed by atoms with E-state index in [-0.39, 0.29) is 29.0 Å². The predicted molar refractivity (Wildman–Crippen MR) is 95.6 cm³/mol. The molecule has 2 aliphatic carbocycles. The maximum atomic E-state index is 13.0. The van der Waals surface area contributed by atoms with Crippen molar-refractivity contribution in [3.63, 3.8) is 0 Å². The summed E-state index contributed by atoms with van der Waals surface area (Å²) >= 11 is 0. The Balaban J connectivity index is 1.79. The van der Waals surface area contributed by atoms with Crippen molar-refractivity contribution in [2.24, 2.45) is 5.41 Å². The summed E-state index contributed by atoms with van der Waals surface area (Å²) in [4.78, 5) is 26.6. The van der Waals surface area contributed by atoms with Crippen LogP contribution in [0.2, 0.25) is 0 Å². The summed E-state index contributed by atoms with van der Waals surface area (Å²) in [6.07, 6.45) is 6.64. The van der Waals surface area contributed by atoms with Crippen LogP contribution in [0.5, 0.6) is 0 Å². The number of hydrogen-bond donors (Lipinski definition) is 0. The van der Waals surface area contributed by atoms with E-state index in [0.717, 1.165) is 32.3 Å². The summed E-state index contributed by atoms with van der Waals surface area (Å²) in [5.41, 5.74) is 0.301. The van der Waals surface area contributed by atoms with Gasteiger partial charge in [0.15, 0.2) is 0 Å². The van der Waals surface area contributed by atoms with Gasteiger partial charge in [0, 0.05) is 37.7 Å². The number of rotatable bonds is 6. The van der Waals surface area contributed by atoms with Crippen LogP contribution in [0.25, 0.3) is 0 Å². The van der Waals surface area contributed by atoms with Gasteiger partial charge in [-0.1, -0.05) is 19.8 Å². The van der Waals surface area contributed by atoms with Gasteiger partial charge >= 0.3 is 0 Å². The van der Waals surface area contributed by atoms with Crippen LogP contribution in [0.15, 0.2) is 16.9 Å². The molecular weight excluding hydrogens is 318 g/mol. The number of carbonyl (C=O) groups is 1. The second kappa shape index (κ2) is 7.28. The minimum atomic E-state index is -0.159. The Kier molecular flexibility index (Phi) is 5.27. The maximum Gasteiger partial charge on any atom is 0.274 e. The molecule has 0 radical (unpaired) electrons. The Morgan fingerprint density at radius 1 is 1.36 bits per heavy atom. The topological polar surface area (TPSA) is 64.4 Å². The van der Waals surface area contributed by atoms with Crippen LogP contribution in [0, 0.1) is 5.41 Å². The number of nitrogens with zero attached hydrogens (tertiary/aromatic N) is 3. The highest BCUT2D eigenvalue weighted by Crippen LogP contribution is 2.56. The Bertz CT molecular complexity index is 679. The number of amides is 1. The van der Waals surface area contributed by atoms with E-state index in [0.29, 0.717) is 12.2 Å². The van der Waals surface area contributed by atoms with Crippen molar-refractivity contribution in [3.05, 3.63) is 28.2 Å². The number of hydrogen-bond acceptors (Lipinski definition) is 4. The quantitative estimate of drug-likeness (QED) is 0.793. The average molecular weight is 347 g/mol. The summed E-state index contributed by atoms with van der Waals surface area (Å²) in [6.45, 7) is 5.27. The van der Waals surface area contributed by atoms with Crippen molar-refractivity contribution in [2.45, 2.75) is 71.1 Å². The van der Waals surface area contributed by atoms with Crippen molar-refractivity contribution in [1.29, 1.82) is 0 Å². The normalized spacial score (nSPS) is 24.3. The molecule has 2 atom stereocenters. The molecule has 25 heavy (non-hydrogen) atoms. The van der Waals surface area contributed by atoms with Crippen molar-refractivity contribution < 1.29 is 9.53 Å². The van der Waals surface area contributed by atoms with Crippen LogP contribution >= 0.6 is 0 Å². The van der Waals surface area contributed by atoms with Gasteiger partial charge in [0.1, 0.15) is 5.69 Å². The molecule has 1 aromatic rings. The van der Waals surface area contributed by atoms with Crippen LogP contribution in [-0.4, -0.2) is 46.4 Å². The van der Waals surface area contributed by atoms with E-state index in [1.165, 1.54) is 23.6 Å². The smallest absolute Gasteiger partial charge is 0.274 e. The molecule has 6 heteroatoms. The zero-order valence-electron chi connectivity index (χ0n) is 15.5. The lowest BCUT2D eigenvalue weighted by Gasteiger charge is -2.56. The first kappa shape index (κ1) is 18.1. The first-order chi connectivity index (χ1) is 12.0. The molecule has 1 amide bonds. The van der Waals surface area contributed by atoms with E-state index in [1.54, 1.807) is 6.07 Å². The SMILES string of the molecule is CCCn1nc(C(=O)N(C)[C@H]2C[C@H](OCC)C23CCCC3)ccc1=O. The van der Waals surface area contributed by atoms with Gasteiger partial charge in [-0.3, -0.25) is 9.59 Å². The molecular formula is C19H29N3O3. The fourth-order valence-corrected chi connectivity index (χ4v) is 4.65. The van der Waals surface area contributed by atoms with E-state index >= 15 is 0 Å². The van der Waals surface area contributed by atoms with E-state index in [9.17, 15) is 9.59 Å². The standard InChI is InChI=1S/C19H29N3O3/c1-4-12-22-17(23)9-8-14(20-22)18(24)21(3)15-13-16(25-5-2)19(15)10-6-7-11-19/h8-9,15-16H,4-7,10-13H2,1-3H3/t15-,16-/m0/s1. The van der Waals surface area contributed by atoms with Crippen molar-refractivity contribution in [3.8, 4) is 0 Å². The maximum absolute atomic E-state index is 13.0. The zero-order valence-corrected chi connectivity index (χ0v) is 15.5. The van der Waals surface area contributed by atoms with Crippen LogP contribution < -0.4 is 5.56 Å². The van der Waals surface area contributed by atoms with Crippen molar-refractivity contribution in [2.75, 3.05) is 13.7 Å². The molecule has 2 saturated carbocycles. The van der Waals surface area contributed by atoms with Gasteiger partial charge in [-0.25, -0.2) is 4.68 Å². The average Bonchev–Trinajstić information content (AvgIpc) is 3.12. The third-order valence-corrected chi connectivity index (χ3v) is 5.95. The molecule has 3 rings (SSSR count). The third-order valence-electron chi connectivity index (χ3n) is 5.95. The Morgan fingerprint density at radius 3 is 2.72 bits per heavy atom. The third kappa shape index (κ3) is 3.12. The number of aromatic nitrogens is 2. The van der Waals surface area contributed by atoms with Crippen molar-refractivity contribution >= 4 is 5.91 Å². The molecule has 2 aliphatic rings. The minimum absolute atomic E-state index is 0.101. The molecule has 1 spiro atoms. The molecule has 6 nitrogen and oxygen atoms in total. The highest BCUT2D eigenvalue weighted by molar-refractivity contribution is 5.92. The number of carbonyl (C=O) groups excluding carboxylic acids is 1. The second-order valence-electron chi connectivity index (χ2n) is 7.33. The Morgan fingerprint density at radius 2 is 2.08 bits per heavy atom. The molecule has 1 aromatic heterocycles. The van der Waals surface area contributed by atoms with Gasteiger partial charge in [0.05, 0.1) is 6.10 Å². The van der Waals surface area contributed by atoms with E-state index in [1.807, 2.05) is 25.8 Å². The van der Waals surface area contributed by atoms with Gasteiger partial charge in [0.25, 0.3) is 11.5 Å². The van der Waals surface area contributed by atoms with Crippen LogP contribution in [0.1, 0.15) is 62.9 Å². The second-order valence-corrected chi connectivity index (χ2v) is 7.33. The summed E-state index contributed by atoms with van der Waals surface area (Å²) < 4.78 is 7.33. The van der Waals surface area contributed by atoms with Crippen LogP contribution in [-0.2, 0) is 11.3 Å². The van der Waals surface area contributed by atoms with Gasteiger partial charge in [0.2, 0.25) is 0 Å². The van der Waals surface area contributed by atoms with Gasteiger partial charge in [-0.05, 0) is 38.7 Å². The Hall–Kier alpha value is -1.69. The number of aryl methyl sites for hydroxylation is 1. The fourth-order valence-electron chi connectivity index (χ4n) is 4.65. The van der Waals surface area contributed by atoms with E-state index < -0.39 is 0 Å². The summed E-state index contributed by atoms with van der Waals surface area (Å²) in [6, 6.07) is 3.19. The zero-order chi connectivity index (χ0) is 18.0. The molecule has 0 aromatic carbocycles. The van der Waals surface area contributed by atoms with Crippen molar-refractivity contribution in [1.82, 2.24) is 14.7 Å². The highest BCUT2D eigenvalue weighted by atomic mass is 16.5. The largest absolute Gasteiger partial charge is 0.378 e. The van der Waals surface area contributed by atoms with Gasteiger partial charge < -0.3 is 9.64 Å². The van der Waals surface area contributed by atoms with Crippen LogP contribution in [0.4, 0.5) is 0 Å². The lowest BCUT2D eigenvalue weighted by molar-refractivity contribution is -0.152. The fraction of sp³-hybridized carbons (Fsp3) is 0.737. The molecule has 1 heterocycles. The molecule has 0 N–H and O–H groups in total. The van der Waals surface area contributed by atoms with Gasteiger partial charge in [-0.15, -0.1) is 0 Å². The molecule has 0 bridgehead atoms. The van der Waals surface area contributed by atoms with Crippen LogP contribution in [0.3, 0.4) is 0 Å². The minimum Gasteiger partial charge on any atom is -0.378 e. The summed E-state index contributed by atoms with van der Waals surface area (Å²) in [5.74, 6) is -0.101. The highest BCUT2D eigenvalue weighted by Gasteiger charge is 2.58. The first-order valence-electron chi connectivity index (χ1n) is 9.50. The monoisotopic (exact) mass is 347 g/mol. The lowest BCUT2D eigenvalue weighted by Crippen LogP contribution is -2.64. The van der Waals surface area contributed by atoms with E-state index in [2.05, 4.69) is 5.10 Å². The van der Waals surface area contributed by atoms with E-state index in [4.69, 9.17) is 4.74 Å². The summed E-state index contributed by atoms with van der Waals surface area (Å²) in [5, 5.41) is 4.28. The first-order valence-corrected chi connectivity index (χ1v) is 9.50. The lowest BCUT2D eigenvalue weighted by atomic mass is 9.60. The molecule has 0 saturated heterocycles. The Labute approximate surface area is 149 Å². The predicted octanol–water partition coefficient (Wildman–Crippen LogP) is 2.46. The molecule has 0 unspecified atom stereocenters. The molecule has 0 aliphatic heterocycles. The van der Waals surface area contributed by atoms with Gasteiger partial charge in [-0.2, -0.15) is 5.10 Å². The molecule has 138 valence electrons.